The molecule has 3 N–H and O–H groups in total. The molecule has 0 radical (unpaired) electrons. The SMILES string of the molecule is CCC[C@@H](Nc1ccc(-n2cc(C(F)(F)F)cn2)cc1)c1ccc(C(=O)NCCC(=O)O)cc1. The van der Waals surface area contributed by atoms with Crippen molar-refractivity contribution >= 4 is 17.6 Å². The van der Waals surface area contributed by atoms with Crippen molar-refractivity contribution in [3.05, 3.63) is 77.6 Å². The zero-order valence-corrected chi connectivity index (χ0v) is 18.5. The normalized spacial score (nSPS) is 12.2. The van der Waals surface area contributed by atoms with Crippen LogP contribution in [0.25, 0.3) is 5.69 Å². The molecule has 0 spiro atoms. The fraction of sp³-hybridized carbons (Fsp3) is 0.292. The fourth-order valence-corrected chi connectivity index (χ4v) is 3.38. The maximum absolute atomic E-state index is 12.8. The van der Waals surface area contributed by atoms with Crippen molar-refractivity contribution in [1.29, 1.82) is 0 Å². The molecule has 1 heterocycles. The van der Waals surface area contributed by atoms with E-state index in [2.05, 4.69) is 22.7 Å². The minimum atomic E-state index is -4.44. The van der Waals surface area contributed by atoms with Crippen molar-refractivity contribution in [3.63, 3.8) is 0 Å². The maximum atomic E-state index is 12.8. The number of hydrogen-bond donors (Lipinski definition) is 3. The van der Waals surface area contributed by atoms with Gasteiger partial charge >= 0.3 is 12.1 Å². The van der Waals surface area contributed by atoms with Gasteiger partial charge in [-0.1, -0.05) is 25.5 Å². The Hall–Kier alpha value is -3.82. The Balaban J connectivity index is 1.67. The molecular weight excluding hydrogens is 449 g/mol. The topological polar surface area (TPSA) is 96.3 Å². The Morgan fingerprint density at radius 1 is 1.09 bits per heavy atom. The molecule has 0 aliphatic rings. The number of aliphatic carboxylic acids is 1. The molecule has 10 heteroatoms. The second-order valence-electron chi connectivity index (χ2n) is 7.73. The number of aromatic nitrogens is 2. The summed E-state index contributed by atoms with van der Waals surface area (Å²) in [6.07, 6.45) is -1.13. The molecule has 0 saturated carbocycles. The molecule has 0 unspecified atom stereocenters. The first-order valence-electron chi connectivity index (χ1n) is 10.8. The van der Waals surface area contributed by atoms with E-state index in [1.54, 1.807) is 36.4 Å². The lowest BCUT2D eigenvalue weighted by Crippen LogP contribution is -2.26. The summed E-state index contributed by atoms with van der Waals surface area (Å²) in [6, 6.07) is 13.9. The van der Waals surface area contributed by atoms with Gasteiger partial charge in [0.15, 0.2) is 0 Å². The first-order chi connectivity index (χ1) is 16.2. The second-order valence-corrected chi connectivity index (χ2v) is 7.73. The Morgan fingerprint density at radius 2 is 1.76 bits per heavy atom. The molecular formula is C24H25F3N4O3. The summed E-state index contributed by atoms with van der Waals surface area (Å²) in [5, 5.41) is 18.4. The van der Waals surface area contributed by atoms with Crippen LogP contribution in [0.3, 0.4) is 0 Å². The van der Waals surface area contributed by atoms with Gasteiger partial charge in [0.05, 0.1) is 29.9 Å². The molecule has 0 saturated heterocycles. The lowest BCUT2D eigenvalue weighted by molar-refractivity contribution is -0.138. The number of carbonyl (C=O) groups excluding carboxylic acids is 1. The van der Waals surface area contributed by atoms with E-state index in [4.69, 9.17) is 5.11 Å². The molecule has 1 atom stereocenters. The molecule has 2 aromatic carbocycles. The first-order valence-corrected chi connectivity index (χ1v) is 10.8. The molecule has 0 aliphatic carbocycles. The smallest absolute Gasteiger partial charge is 0.419 e. The highest BCUT2D eigenvalue weighted by molar-refractivity contribution is 5.94. The van der Waals surface area contributed by atoms with Crippen LogP contribution in [-0.4, -0.2) is 33.3 Å². The molecule has 3 rings (SSSR count). The first kappa shape index (κ1) is 24.8. The number of hydrogen-bond acceptors (Lipinski definition) is 4. The average Bonchev–Trinajstić information content (AvgIpc) is 3.30. The van der Waals surface area contributed by atoms with E-state index in [0.717, 1.165) is 36.5 Å². The van der Waals surface area contributed by atoms with Crippen molar-refractivity contribution in [3.8, 4) is 5.69 Å². The zero-order chi connectivity index (χ0) is 24.7. The van der Waals surface area contributed by atoms with Crippen LogP contribution in [0.1, 0.15) is 53.7 Å². The van der Waals surface area contributed by atoms with Crippen molar-refractivity contribution in [2.45, 2.75) is 38.4 Å². The van der Waals surface area contributed by atoms with Crippen molar-refractivity contribution < 1.29 is 27.9 Å². The third kappa shape index (κ3) is 6.60. The maximum Gasteiger partial charge on any atom is 0.419 e. The Kier molecular flexibility index (Phi) is 7.93. The van der Waals surface area contributed by atoms with Crippen LogP contribution in [0.15, 0.2) is 60.9 Å². The predicted molar refractivity (Wildman–Crippen MR) is 121 cm³/mol. The minimum absolute atomic E-state index is 0.0403. The van der Waals surface area contributed by atoms with Crippen LogP contribution in [0.2, 0.25) is 0 Å². The van der Waals surface area contributed by atoms with Crippen LogP contribution in [0.4, 0.5) is 18.9 Å². The molecule has 3 aromatic rings. The van der Waals surface area contributed by atoms with Gasteiger partial charge in [-0.2, -0.15) is 18.3 Å². The highest BCUT2D eigenvalue weighted by atomic mass is 19.4. The lowest BCUT2D eigenvalue weighted by Gasteiger charge is -2.20. The monoisotopic (exact) mass is 474 g/mol. The quantitative estimate of drug-likeness (QED) is 0.382. The Morgan fingerprint density at radius 3 is 2.32 bits per heavy atom. The lowest BCUT2D eigenvalue weighted by atomic mass is 10.00. The van der Waals surface area contributed by atoms with Gasteiger partial charge in [0, 0.05) is 24.0 Å². The van der Waals surface area contributed by atoms with E-state index in [-0.39, 0.29) is 24.9 Å². The largest absolute Gasteiger partial charge is 0.481 e. The molecule has 1 amide bonds. The Bertz CT molecular complexity index is 1110. The van der Waals surface area contributed by atoms with Crippen LogP contribution >= 0.6 is 0 Å². The van der Waals surface area contributed by atoms with Crippen molar-refractivity contribution in [2.24, 2.45) is 0 Å². The van der Waals surface area contributed by atoms with Crippen LogP contribution in [0.5, 0.6) is 0 Å². The van der Waals surface area contributed by atoms with Crippen molar-refractivity contribution in [1.82, 2.24) is 15.1 Å². The average molecular weight is 474 g/mol. The van der Waals surface area contributed by atoms with Crippen molar-refractivity contribution in [2.75, 3.05) is 11.9 Å². The van der Waals surface area contributed by atoms with Crippen LogP contribution < -0.4 is 10.6 Å². The highest BCUT2D eigenvalue weighted by Crippen LogP contribution is 2.29. The van der Waals surface area contributed by atoms with Gasteiger partial charge in [0.2, 0.25) is 0 Å². The van der Waals surface area contributed by atoms with Gasteiger partial charge < -0.3 is 15.7 Å². The zero-order valence-electron chi connectivity index (χ0n) is 18.5. The number of carbonyl (C=O) groups is 2. The molecule has 1 aromatic heterocycles. The van der Waals surface area contributed by atoms with Gasteiger partial charge in [0.1, 0.15) is 0 Å². The van der Waals surface area contributed by atoms with E-state index < -0.39 is 17.7 Å². The molecule has 180 valence electrons. The van der Waals surface area contributed by atoms with Gasteiger partial charge in [0.25, 0.3) is 5.91 Å². The number of carboxylic acid groups (broad SMARTS) is 1. The number of carboxylic acids is 1. The second kappa shape index (κ2) is 10.9. The standard InChI is InChI=1S/C24H25F3N4O3/c1-2-3-21(16-4-6-17(7-5-16)23(34)28-13-12-22(32)33)30-19-8-10-20(11-9-19)31-15-18(14-29-31)24(25,26)27/h4-11,14-15,21,30H,2-3,12-13H2,1H3,(H,28,34)(H,32,33)/t21-/m1/s1. The molecule has 34 heavy (non-hydrogen) atoms. The van der Waals surface area contributed by atoms with Gasteiger partial charge in [-0.15, -0.1) is 0 Å². The van der Waals surface area contributed by atoms with E-state index >= 15 is 0 Å². The van der Waals surface area contributed by atoms with E-state index in [9.17, 15) is 22.8 Å². The molecule has 0 bridgehead atoms. The third-order valence-electron chi connectivity index (χ3n) is 5.16. The number of nitrogens with zero attached hydrogens (tertiary/aromatic N) is 2. The number of amides is 1. The number of halogens is 3. The van der Waals surface area contributed by atoms with Gasteiger partial charge in [-0.25, -0.2) is 4.68 Å². The molecule has 7 nitrogen and oxygen atoms in total. The minimum Gasteiger partial charge on any atom is -0.481 e. The summed E-state index contributed by atoms with van der Waals surface area (Å²) < 4.78 is 39.6. The van der Waals surface area contributed by atoms with Gasteiger partial charge in [-0.3, -0.25) is 9.59 Å². The predicted octanol–water partition coefficient (Wildman–Crippen LogP) is 5.05. The number of alkyl halides is 3. The van der Waals surface area contributed by atoms with E-state index in [0.29, 0.717) is 11.3 Å². The number of benzene rings is 2. The van der Waals surface area contributed by atoms with Crippen LogP contribution in [-0.2, 0) is 11.0 Å². The summed E-state index contributed by atoms with van der Waals surface area (Å²) in [6.45, 7) is 2.11. The fourth-order valence-electron chi connectivity index (χ4n) is 3.38. The summed E-state index contributed by atoms with van der Waals surface area (Å²) in [7, 11) is 0. The van der Waals surface area contributed by atoms with E-state index in [1.807, 2.05) is 12.1 Å². The highest BCUT2D eigenvalue weighted by Gasteiger charge is 2.32. The summed E-state index contributed by atoms with van der Waals surface area (Å²) in [5.74, 6) is -1.32. The summed E-state index contributed by atoms with van der Waals surface area (Å²) >= 11 is 0. The van der Waals surface area contributed by atoms with Gasteiger partial charge in [-0.05, 0) is 48.4 Å². The number of rotatable bonds is 10. The number of anilines is 1. The summed E-state index contributed by atoms with van der Waals surface area (Å²) in [5.41, 5.74) is 1.89. The molecule has 0 fully saturated rings. The molecule has 0 aliphatic heterocycles. The third-order valence-corrected chi connectivity index (χ3v) is 5.16. The summed E-state index contributed by atoms with van der Waals surface area (Å²) in [4.78, 5) is 22.7. The number of nitrogens with one attached hydrogen (secondary N) is 2. The van der Waals surface area contributed by atoms with Crippen LogP contribution in [0, 0.1) is 0 Å². The van der Waals surface area contributed by atoms with E-state index in [1.165, 1.54) is 4.68 Å². The Labute approximate surface area is 194 Å².